The first kappa shape index (κ1) is 20.9. The third kappa shape index (κ3) is 5.53. The molecule has 6 nitrogen and oxygen atoms in total. The van der Waals surface area contributed by atoms with E-state index in [0.717, 1.165) is 19.4 Å². The van der Waals surface area contributed by atoms with Crippen LogP contribution in [0.2, 0.25) is 0 Å². The molecule has 26 heavy (non-hydrogen) atoms. The molecule has 1 fully saturated rings. The molecule has 2 unspecified atom stereocenters. The monoisotopic (exact) mass is 381 g/mol. The van der Waals surface area contributed by atoms with Crippen LogP contribution in [0.5, 0.6) is 0 Å². The maximum Gasteiger partial charge on any atom is 0.251 e. The second-order valence-corrected chi connectivity index (χ2v) is 9.65. The van der Waals surface area contributed by atoms with Crippen LogP contribution in [0.15, 0.2) is 29.2 Å². The van der Waals surface area contributed by atoms with Crippen LogP contribution in [0.1, 0.15) is 37.0 Å². The Morgan fingerprint density at radius 2 is 1.88 bits per heavy atom. The lowest BCUT2D eigenvalue weighted by Gasteiger charge is -2.34. The van der Waals surface area contributed by atoms with Gasteiger partial charge in [0.15, 0.2) is 0 Å². The third-order valence-electron chi connectivity index (χ3n) is 4.64. The maximum atomic E-state index is 13.0. The van der Waals surface area contributed by atoms with Crippen LogP contribution in [0.3, 0.4) is 0 Å². The maximum absolute atomic E-state index is 13.0. The average Bonchev–Trinajstić information content (AvgIpc) is 2.57. The van der Waals surface area contributed by atoms with Crippen LogP contribution in [-0.2, 0) is 10.0 Å². The lowest BCUT2D eigenvalue weighted by molar-refractivity contribution is 0.0952. The van der Waals surface area contributed by atoms with Gasteiger partial charge in [0.05, 0.1) is 4.90 Å². The second-order valence-electron chi connectivity index (χ2n) is 7.71. The van der Waals surface area contributed by atoms with Gasteiger partial charge in [0, 0.05) is 25.2 Å². The summed E-state index contributed by atoms with van der Waals surface area (Å²) in [6.45, 7) is 6.68. The van der Waals surface area contributed by atoms with E-state index < -0.39 is 10.0 Å². The molecule has 1 aromatic rings. The highest BCUT2D eigenvalue weighted by Gasteiger charge is 2.31. The molecule has 0 spiro atoms. The molecule has 146 valence electrons. The summed E-state index contributed by atoms with van der Waals surface area (Å²) < 4.78 is 27.5. The van der Waals surface area contributed by atoms with Crippen LogP contribution in [-0.4, -0.2) is 63.8 Å². The van der Waals surface area contributed by atoms with Gasteiger partial charge >= 0.3 is 0 Å². The number of nitrogens with zero attached hydrogens (tertiary/aromatic N) is 2. The zero-order valence-corrected chi connectivity index (χ0v) is 17.1. The highest BCUT2D eigenvalue weighted by Crippen LogP contribution is 2.26. The molecule has 1 aliphatic rings. The number of carbonyl (C=O) groups excluding carboxylic acids is 1. The van der Waals surface area contributed by atoms with Crippen LogP contribution >= 0.6 is 0 Å². The predicted octanol–water partition coefficient (Wildman–Crippen LogP) is 2.03. The van der Waals surface area contributed by atoms with E-state index in [0.29, 0.717) is 37.0 Å². The summed E-state index contributed by atoms with van der Waals surface area (Å²) in [6.07, 6.45) is 1.89. The number of rotatable bonds is 7. The molecule has 0 bridgehead atoms. The lowest BCUT2D eigenvalue weighted by Crippen LogP contribution is -2.42. The Labute approximate surface area is 157 Å². The van der Waals surface area contributed by atoms with E-state index in [-0.39, 0.29) is 10.8 Å². The molecule has 2 rings (SSSR count). The molecule has 1 saturated heterocycles. The number of nitrogens with one attached hydrogen (secondary N) is 1. The molecule has 0 radical (unpaired) electrons. The number of hydrogen-bond donors (Lipinski definition) is 1. The number of amides is 1. The molecule has 0 saturated carbocycles. The fourth-order valence-corrected chi connectivity index (χ4v) is 5.17. The van der Waals surface area contributed by atoms with Crippen molar-refractivity contribution in [2.24, 2.45) is 11.8 Å². The molecular weight excluding hydrogens is 350 g/mol. The topological polar surface area (TPSA) is 69.7 Å². The molecule has 0 aromatic heterocycles. The largest absolute Gasteiger partial charge is 0.352 e. The fourth-order valence-electron chi connectivity index (χ4n) is 3.45. The predicted molar refractivity (Wildman–Crippen MR) is 104 cm³/mol. The Morgan fingerprint density at radius 3 is 2.50 bits per heavy atom. The van der Waals surface area contributed by atoms with Gasteiger partial charge in [-0.15, -0.1) is 0 Å². The number of benzene rings is 1. The van der Waals surface area contributed by atoms with Crippen molar-refractivity contribution in [1.29, 1.82) is 0 Å². The van der Waals surface area contributed by atoms with E-state index in [2.05, 4.69) is 24.1 Å². The van der Waals surface area contributed by atoms with Crippen molar-refractivity contribution in [3.05, 3.63) is 29.8 Å². The van der Waals surface area contributed by atoms with Crippen molar-refractivity contribution in [2.45, 2.75) is 31.6 Å². The van der Waals surface area contributed by atoms with Crippen molar-refractivity contribution >= 4 is 15.9 Å². The standard InChI is InChI=1S/C19H31N3O3S/c1-15-11-16(2)14-22(13-15)26(24,25)18-8-5-7-17(12-18)19(23)20-9-6-10-21(3)4/h5,7-8,12,15-16H,6,9-11,13-14H2,1-4H3,(H,20,23). The fraction of sp³-hybridized carbons (Fsp3) is 0.632. The number of carbonyl (C=O) groups is 1. The van der Waals surface area contributed by atoms with E-state index in [1.807, 2.05) is 14.1 Å². The number of piperidine rings is 1. The van der Waals surface area contributed by atoms with Gasteiger partial charge in [-0.2, -0.15) is 4.31 Å². The van der Waals surface area contributed by atoms with Gasteiger partial charge in [0.25, 0.3) is 5.91 Å². The SMILES string of the molecule is CC1CC(C)CN(S(=O)(=O)c2cccc(C(=O)NCCCN(C)C)c2)C1. The van der Waals surface area contributed by atoms with Crippen molar-refractivity contribution in [3.63, 3.8) is 0 Å². The lowest BCUT2D eigenvalue weighted by atomic mass is 9.94. The molecular formula is C19H31N3O3S. The Balaban J connectivity index is 2.08. The minimum Gasteiger partial charge on any atom is -0.352 e. The van der Waals surface area contributed by atoms with E-state index >= 15 is 0 Å². The van der Waals surface area contributed by atoms with Crippen LogP contribution in [0.4, 0.5) is 0 Å². The molecule has 1 aromatic carbocycles. The first-order chi connectivity index (χ1) is 12.2. The van der Waals surface area contributed by atoms with Crippen molar-refractivity contribution < 1.29 is 13.2 Å². The highest BCUT2D eigenvalue weighted by atomic mass is 32.2. The van der Waals surface area contributed by atoms with Crippen molar-refractivity contribution in [2.75, 3.05) is 40.3 Å². The highest BCUT2D eigenvalue weighted by molar-refractivity contribution is 7.89. The van der Waals surface area contributed by atoms with Gasteiger partial charge < -0.3 is 10.2 Å². The van der Waals surface area contributed by atoms with Crippen LogP contribution < -0.4 is 5.32 Å². The molecule has 1 heterocycles. The first-order valence-corrected chi connectivity index (χ1v) is 10.7. The normalized spacial score (nSPS) is 21.7. The summed E-state index contributed by atoms with van der Waals surface area (Å²) >= 11 is 0. The van der Waals surface area contributed by atoms with Gasteiger partial charge in [-0.25, -0.2) is 8.42 Å². The summed E-state index contributed by atoms with van der Waals surface area (Å²) in [6, 6.07) is 6.35. The molecule has 7 heteroatoms. The molecule has 2 atom stereocenters. The molecule has 1 amide bonds. The Morgan fingerprint density at radius 1 is 1.23 bits per heavy atom. The van der Waals surface area contributed by atoms with E-state index in [4.69, 9.17) is 0 Å². The summed E-state index contributed by atoms with van der Waals surface area (Å²) in [4.78, 5) is 14.6. The summed E-state index contributed by atoms with van der Waals surface area (Å²) in [5.41, 5.74) is 0.383. The van der Waals surface area contributed by atoms with Crippen LogP contribution in [0, 0.1) is 11.8 Å². The molecule has 0 aliphatic carbocycles. The summed E-state index contributed by atoms with van der Waals surface area (Å²) in [7, 11) is 0.396. The quantitative estimate of drug-likeness (QED) is 0.734. The minimum absolute atomic E-state index is 0.194. The molecule has 1 N–H and O–H groups in total. The summed E-state index contributed by atoms with van der Waals surface area (Å²) in [5.74, 6) is 0.453. The zero-order valence-electron chi connectivity index (χ0n) is 16.2. The summed E-state index contributed by atoms with van der Waals surface area (Å²) in [5, 5.41) is 2.85. The number of hydrogen-bond acceptors (Lipinski definition) is 4. The average molecular weight is 382 g/mol. The first-order valence-electron chi connectivity index (χ1n) is 9.23. The van der Waals surface area contributed by atoms with Crippen molar-refractivity contribution in [1.82, 2.24) is 14.5 Å². The zero-order chi connectivity index (χ0) is 19.3. The molecule has 1 aliphatic heterocycles. The van der Waals surface area contributed by atoms with Gasteiger partial charge in [0.2, 0.25) is 10.0 Å². The van der Waals surface area contributed by atoms with E-state index in [9.17, 15) is 13.2 Å². The van der Waals surface area contributed by atoms with E-state index in [1.165, 1.54) is 6.07 Å². The van der Waals surface area contributed by atoms with Gasteiger partial charge in [-0.1, -0.05) is 19.9 Å². The van der Waals surface area contributed by atoms with Crippen molar-refractivity contribution in [3.8, 4) is 0 Å². The minimum atomic E-state index is -3.57. The van der Waals surface area contributed by atoms with Gasteiger partial charge in [-0.05, 0) is 63.5 Å². The Hall–Kier alpha value is -1.44. The second kappa shape index (κ2) is 8.97. The Kier molecular flexibility index (Phi) is 7.20. The van der Waals surface area contributed by atoms with E-state index in [1.54, 1.807) is 22.5 Å². The third-order valence-corrected chi connectivity index (χ3v) is 6.46. The Bertz CT molecular complexity index is 708. The van der Waals surface area contributed by atoms with Gasteiger partial charge in [-0.3, -0.25) is 4.79 Å². The smallest absolute Gasteiger partial charge is 0.251 e. The van der Waals surface area contributed by atoms with Crippen LogP contribution in [0.25, 0.3) is 0 Å². The van der Waals surface area contributed by atoms with Gasteiger partial charge in [0.1, 0.15) is 0 Å². The number of sulfonamides is 1.